The van der Waals surface area contributed by atoms with Gasteiger partial charge in [0.15, 0.2) is 0 Å². The van der Waals surface area contributed by atoms with Crippen LogP contribution in [0.4, 0.5) is 0 Å². The van der Waals surface area contributed by atoms with Crippen LogP contribution in [0.2, 0.25) is 0 Å². The first-order valence-electron chi connectivity index (χ1n) is 7.40. The van der Waals surface area contributed by atoms with Gasteiger partial charge in [0.25, 0.3) is 0 Å². The van der Waals surface area contributed by atoms with E-state index in [0.717, 1.165) is 25.0 Å². The topological polar surface area (TPSA) is 47.7 Å². The molecule has 0 aliphatic heterocycles. The highest BCUT2D eigenvalue weighted by Gasteiger charge is 2.16. The van der Waals surface area contributed by atoms with Gasteiger partial charge in [-0.2, -0.15) is 5.10 Å². The van der Waals surface area contributed by atoms with E-state index in [1.807, 2.05) is 36.4 Å². The van der Waals surface area contributed by atoms with E-state index in [2.05, 4.69) is 45.1 Å². The lowest BCUT2D eigenvalue weighted by molar-refractivity contribution is 0.442. The molecule has 0 aliphatic rings. The quantitative estimate of drug-likeness (QED) is 0.756. The number of para-hydroxylation sites is 2. The van der Waals surface area contributed by atoms with Crippen LogP contribution in [-0.4, -0.2) is 25.9 Å². The summed E-state index contributed by atoms with van der Waals surface area (Å²) < 4.78 is 4.14. The molecule has 110 valence electrons. The van der Waals surface area contributed by atoms with Gasteiger partial charge < -0.3 is 9.88 Å². The minimum atomic E-state index is 0.232. The fourth-order valence-electron chi connectivity index (χ4n) is 2.66. The average Bonchev–Trinajstić information content (AvgIpc) is 3.10. The average molecular weight is 283 g/mol. The third-order valence-corrected chi connectivity index (χ3v) is 3.76. The smallest absolute Gasteiger partial charge is 0.0958 e. The van der Waals surface area contributed by atoms with Crippen LogP contribution in [0.5, 0.6) is 0 Å². The maximum Gasteiger partial charge on any atom is 0.0958 e. The van der Waals surface area contributed by atoms with Gasteiger partial charge in [-0.15, -0.1) is 0 Å². The van der Waals surface area contributed by atoms with Gasteiger partial charge in [-0.1, -0.05) is 19.1 Å². The molecule has 3 rings (SSSR count). The summed E-state index contributed by atoms with van der Waals surface area (Å²) in [5.41, 5.74) is 3.40. The summed E-state index contributed by atoms with van der Waals surface area (Å²) in [5, 5.41) is 7.90. The second kappa shape index (κ2) is 6.10. The van der Waals surface area contributed by atoms with Gasteiger partial charge in [-0.3, -0.25) is 4.68 Å². The second-order valence-electron chi connectivity index (χ2n) is 5.27. The number of aryl methyl sites for hydroxylation is 1. The first-order chi connectivity index (χ1) is 10.3. The number of rotatable bonds is 6. The number of hydrogen-bond acceptors (Lipinski definition) is 3. The minimum absolute atomic E-state index is 0.232. The lowest BCUT2D eigenvalue weighted by Crippen LogP contribution is -2.28. The number of aromatic nitrogens is 4. The molecule has 3 aromatic rings. The van der Waals surface area contributed by atoms with Crippen molar-refractivity contribution in [2.45, 2.75) is 25.9 Å². The molecule has 5 nitrogen and oxygen atoms in total. The Hall–Kier alpha value is -2.14. The number of fused-ring (bicyclic) bond motifs is 1. The van der Waals surface area contributed by atoms with Crippen molar-refractivity contribution in [1.82, 2.24) is 24.6 Å². The van der Waals surface area contributed by atoms with Crippen LogP contribution < -0.4 is 5.32 Å². The number of benzene rings is 1. The van der Waals surface area contributed by atoms with E-state index < -0.39 is 0 Å². The minimum Gasteiger partial charge on any atom is -0.329 e. The van der Waals surface area contributed by atoms with Crippen molar-refractivity contribution in [3.8, 4) is 0 Å². The Bertz CT molecular complexity index is 712. The largest absolute Gasteiger partial charge is 0.329 e. The summed E-state index contributed by atoms with van der Waals surface area (Å²) in [6.07, 6.45) is 4.88. The van der Waals surface area contributed by atoms with E-state index in [1.54, 1.807) is 0 Å². The van der Waals surface area contributed by atoms with Gasteiger partial charge in [-0.25, -0.2) is 4.98 Å². The highest BCUT2D eigenvalue weighted by atomic mass is 15.3. The van der Waals surface area contributed by atoms with Crippen LogP contribution in [-0.2, 0) is 13.6 Å². The van der Waals surface area contributed by atoms with Crippen LogP contribution in [0.15, 0.2) is 42.9 Å². The van der Waals surface area contributed by atoms with Crippen LogP contribution in [0.3, 0.4) is 0 Å². The molecule has 1 unspecified atom stereocenters. The maximum atomic E-state index is 4.47. The van der Waals surface area contributed by atoms with Gasteiger partial charge in [0, 0.05) is 19.8 Å². The summed E-state index contributed by atoms with van der Waals surface area (Å²) in [4.78, 5) is 4.47. The number of nitrogens with zero attached hydrogens (tertiary/aromatic N) is 4. The Morgan fingerprint density at radius 3 is 2.86 bits per heavy atom. The highest BCUT2D eigenvalue weighted by molar-refractivity contribution is 5.74. The SMILES string of the molecule is CCCNC(Cn1cnc2ccccc21)c1ccnn1C. The molecule has 0 spiro atoms. The lowest BCUT2D eigenvalue weighted by Gasteiger charge is -2.19. The Labute approximate surface area is 124 Å². The van der Waals surface area contributed by atoms with Gasteiger partial charge in [0.2, 0.25) is 0 Å². The fourth-order valence-corrected chi connectivity index (χ4v) is 2.66. The molecule has 0 aliphatic carbocycles. The summed E-state index contributed by atoms with van der Waals surface area (Å²) >= 11 is 0. The van der Waals surface area contributed by atoms with E-state index >= 15 is 0 Å². The molecule has 0 fully saturated rings. The third-order valence-electron chi connectivity index (χ3n) is 3.76. The maximum absolute atomic E-state index is 4.47. The van der Waals surface area contributed by atoms with Crippen molar-refractivity contribution in [3.05, 3.63) is 48.5 Å². The fraction of sp³-hybridized carbons (Fsp3) is 0.375. The zero-order valence-corrected chi connectivity index (χ0v) is 12.5. The van der Waals surface area contributed by atoms with Crippen molar-refractivity contribution in [1.29, 1.82) is 0 Å². The molecule has 2 heterocycles. The Morgan fingerprint density at radius 2 is 2.10 bits per heavy atom. The van der Waals surface area contributed by atoms with E-state index in [0.29, 0.717) is 0 Å². The molecular weight excluding hydrogens is 262 g/mol. The highest BCUT2D eigenvalue weighted by Crippen LogP contribution is 2.18. The van der Waals surface area contributed by atoms with Crippen LogP contribution in [0.1, 0.15) is 25.1 Å². The first-order valence-corrected chi connectivity index (χ1v) is 7.40. The Kier molecular flexibility index (Phi) is 4.01. The zero-order chi connectivity index (χ0) is 14.7. The predicted molar refractivity (Wildman–Crippen MR) is 84.0 cm³/mol. The predicted octanol–water partition coefficient (Wildman–Crippen LogP) is 2.51. The molecule has 0 saturated carbocycles. The number of imidazole rings is 1. The monoisotopic (exact) mass is 283 g/mol. The van der Waals surface area contributed by atoms with Gasteiger partial charge in [0.1, 0.15) is 0 Å². The van der Waals surface area contributed by atoms with E-state index in [-0.39, 0.29) is 6.04 Å². The molecule has 0 amide bonds. The van der Waals surface area contributed by atoms with Crippen LogP contribution >= 0.6 is 0 Å². The number of hydrogen-bond donors (Lipinski definition) is 1. The van der Waals surface area contributed by atoms with Crippen molar-refractivity contribution in [2.75, 3.05) is 6.54 Å². The van der Waals surface area contributed by atoms with Gasteiger partial charge in [-0.05, 0) is 31.2 Å². The molecule has 0 saturated heterocycles. The molecule has 1 atom stereocenters. The Morgan fingerprint density at radius 1 is 1.24 bits per heavy atom. The molecule has 21 heavy (non-hydrogen) atoms. The zero-order valence-electron chi connectivity index (χ0n) is 12.5. The molecule has 0 radical (unpaired) electrons. The molecule has 0 bridgehead atoms. The lowest BCUT2D eigenvalue weighted by atomic mass is 10.2. The van der Waals surface area contributed by atoms with Crippen molar-refractivity contribution in [3.63, 3.8) is 0 Å². The molecule has 5 heteroatoms. The van der Waals surface area contributed by atoms with E-state index in [4.69, 9.17) is 0 Å². The molecule has 1 aromatic carbocycles. The summed E-state index contributed by atoms with van der Waals surface area (Å²) in [6, 6.07) is 10.5. The van der Waals surface area contributed by atoms with Crippen molar-refractivity contribution < 1.29 is 0 Å². The summed E-state index contributed by atoms with van der Waals surface area (Å²) in [7, 11) is 1.99. The van der Waals surface area contributed by atoms with Crippen molar-refractivity contribution >= 4 is 11.0 Å². The van der Waals surface area contributed by atoms with Gasteiger partial charge >= 0.3 is 0 Å². The molecule has 2 aromatic heterocycles. The van der Waals surface area contributed by atoms with Crippen LogP contribution in [0, 0.1) is 0 Å². The summed E-state index contributed by atoms with van der Waals surface area (Å²) in [5.74, 6) is 0. The molecular formula is C16H21N5. The summed E-state index contributed by atoms with van der Waals surface area (Å²) in [6.45, 7) is 4.02. The van der Waals surface area contributed by atoms with E-state index in [9.17, 15) is 0 Å². The second-order valence-corrected chi connectivity index (χ2v) is 5.27. The molecule has 1 N–H and O–H groups in total. The van der Waals surface area contributed by atoms with Crippen LogP contribution in [0.25, 0.3) is 11.0 Å². The standard InChI is InChI=1S/C16H21N5/c1-3-9-17-14(15-8-10-19-20(15)2)11-21-12-18-13-6-4-5-7-16(13)21/h4-8,10,12,14,17H,3,9,11H2,1-2H3. The van der Waals surface area contributed by atoms with Gasteiger partial charge in [0.05, 0.1) is 29.1 Å². The van der Waals surface area contributed by atoms with Crippen molar-refractivity contribution in [2.24, 2.45) is 7.05 Å². The third kappa shape index (κ3) is 2.83. The Balaban J connectivity index is 1.89. The normalized spacial score (nSPS) is 12.9. The first kappa shape index (κ1) is 13.8. The van der Waals surface area contributed by atoms with E-state index in [1.165, 1.54) is 11.2 Å². The number of nitrogens with one attached hydrogen (secondary N) is 1.